The molecule has 6 heteroatoms. The SMILES string of the molecule is CCOOCc1ccc(C(F)(F)F)cc1CBr. The molecule has 0 radical (unpaired) electrons. The van der Waals surface area contributed by atoms with Crippen molar-refractivity contribution in [1.29, 1.82) is 0 Å². The van der Waals surface area contributed by atoms with Crippen LogP contribution >= 0.6 is 15.9 Å². The van der Waals surface area contributed by atoms with E-state index >= 15 is 0 Å². The molecule has 0 saturated heterocycles. The van der Waals surface area contributed by atoms with E-state index in [-0.39, 0.29) is 6.61 Å². The number of halogens is 4. The number of hydrogen-bond acceptors (Lipinski definition) is 2. The van der Waals surface area contributed by atoms with E-state index in [1.165, 1.54) is 6.07 Å². The van der Waals surface area contributed by atoms with Crippen LogP contribution in [0.1, 0.15) is 23.6 Å². The van der Waals surface area contributed by atoms with Crippen LogP contribution in [0.5, 0.6) is 0 Å². The Kier molecular flexibility index (Phi) is 5.42. The maximum absolute atomic E-state index is 12.5. The molecule has 2 nitrogen and oxygen atoms in total. The summed E-state index contributed by atoms with van der Waals surface area (Å²) in [5, 5.41) is 0.335. The molecule has 96 valence electrons. The third-order valence-electron chi connectivity index (χ3n) is 2.09. The lowest BCUT2D eigenvalue weighted by Crippen LogP contribution is -2.07. The lowest BCUT2D eigenvalue weighted by Gasteiger charge is -2.11. The van der Waals surface area contributed by atoms with Crippen molar-refractivity contribution in [2.75, 3.05) is 6.61 Å². The van der Waals surface area contributed by atoms with Gasteiger partial charge in [-0.25, -0.2) is 9.78 Å². The first-order chi connectivity index (χ1) is 7.99. The second-order valence-corrected chi connectivity index (χ2v) is 3.84. The predicted octanol–water partition coefficient (Wildman–Crippen LogP) is 4.07. The minimum absolute atomic E-state index is 0.132. The molecule has 0 aliphatic rings. The highest BCUT2D eigenvalue weighted by Crippen LogP contribution is 2.31. The van der Waals surface area contributed by atoms with Gasteiger partial charge in [0.05, 0.1) is 12.2 Å². The third-order valence-corrected chi connectivity index (χ3v) is 2.70. The Labute approximate surface area is 106 Å². The Balaban J connectivity index is 2.86. The quantitative estimate of drug-likeness (QED) is 0.353. The molecule has 0 heterocycles. The van der Waals surface area contributed by atoms with E-state index in [4.69, 9.17) is 9.78 Å². The summed E-state index contributed by atoms with van der Waals surface area (Å²) >= 11 is 3.15. The fourth-order valence-corrected chi connectivity index (χ4v) is 1.78. The topological polar surface area (TPSA) is 18.5 Å². The molecule has 0 aliphatic carbocycles. The molecule has 0 unspecified atom stereocenters. The number of hydrogen-bond donors (Lipinski definition) is 0. The molecule has 1 aromatic rings. The van der Waals surface area contributed by atoms with Crippen molar-refractivity contribution in [3.63, 3.8) is 0 Å². The zero-order valence-corrected chi connectivity index (χ0v) is 10.8. The molecule has 1 rings (SSSR count). The van der Waals surface area contributed by atoms with Crippen molar-refractivity contribution in [2.24, 2.45) is 0 Å². The Morgan fingerprint density at radius 2 is 1.88 bits per heavy atom. The zero-order valence-electron chi connectivity index (χ0n) is 9.18. The summed E-state index contributed by atoms with van der Waals surface area (Å²) in [6.45, 7) is 2.29. The summed E-state index contributed by atoms with van der Waals surface area (Å²) < 4.78 is 37.4. The van der Waals surface area contributed by atoms with E-state index in [9.17, 15) is 13.2 Å². The fraction of sp³-hybridized carbons (Fsp3) is 0.455. The number of benzene rings is 1. The zero-order chi connectivity index (χ0) is 12.9. The van der Waals surface area contributed by atoms with Crippen LogP contribution in [-0.4, -0.2) is 6.61 Å². The lowest BCUT2D eigenvalue weighted by molar-refractivity contribution is -0.300. The van der Waals surface area contributed by atoms with Gasteiger partial charge in [0.25, 0.3) is 0 Å². The fourth-order valence-electron chi connectivity index (χ4n) is 1.26. The molecule has 0 bridgehead atoms. The van der Waals surface area contributed by atoms with Crippen LogP contribution < -0.4 is 0 Å². The van der Waals surface area contributed by atoms with Gasteiger partial charge < -0.3 is 0 Å². The third kappa shape index (κ3) is 4.29. The van der Waals surface area contributed by atoms with Gasteiger partial charge in [-0.15, -0.1) is 0 Å². The first-order valence-electron chi connectivity index (χ1n) is 4.98. The Hall–Kier alpha value is -0.590. The molecule has 0 aromatic heterocycles. The van der Waals surface area contributed by atoms with Gasteiger partial charge in [0.2, 0.25) is 0 Å². The molecule has 0 amide bonds. The van der Waals surface area contributed by atoms with Crippen LogP contribution in [0.3, 0.4) is 0 Å². The van der Waals surface area contributed by atoms with Gasteiger partial charge in [-0.05, 0) is 30.2 Å². The minimum atomic E-state index is -4.32. The molecule has 0 atom stereocenters. The van der Waals surface area contributed by atoms with Crippen molar-refractivity contribution in [1.82, 2.24) is 0 Å². The maximum atomic E-state index is 12.5. The summed E-state index contributed by atoms with van der Waals surface area (Å²) in [6.07, 6.45) is -4.32. The van der Waals surface area contributed by atoms with Crippen molar-refractivity contribution >= 4 is 15.9 Å². The first-order valence-corrected chi connectivity index (χ1v) is 6.10. The van der Waals surface area contributed by atoms with Crippen molar-refractivity contribution in [3.05, 3.63) is 34.9 Å². The van der Waals surface area contributed by atoms with Crippen LogP contribution in [0.15, 0.2) is 18.2 Å². The van der Waals surface area contributed by atoms with Crippen molar-refractivity contribution in [3.8, 4) is 0 Å². The van der Waals surface area contributed by atoms with Gasteiger partial charge in [-0.2, -0.15) is 13.2 Å². The van der Waals surface area contributed by atoms with Gasteiger partial charge in [-0.1, -0.05) is 22.0 Å². The smallest absolute Gasteiger partial charge is 0.237 e. The van der Waals surface area contributed by atoms with E-state index in [1.807, 2.05) is 0 Å². The maximum Gasteiger partial charge on any atom is 0.416 e. The van der Waals surface area contributed by atoms with Crippen molar-refractivity contribution < 1.29 is 22.9 Å². The summed E-state index contributed by atoms with van der Waals surface area (Å²) in [5.74, 6) is 0. The van der Waals surface area contributed by atoms with Crippen LogP contribution in [0.4, 0.5) is 13.2 Å². The monoisotopic (exact) mass is 312 g/mol. The molecule has 17 heavy (non-hydrogen) atoms. The van der Waals surface area contributed by atoms with E-state index in [2.05, 4.69) is 15.9 Å². The minimum Gasteiger partial charge on any atom is -0.237 e. The Bertz CT molecular complexity index is 366. The van der Waals surface area contributed by atoms with Crippen LogP contribution in [0, 0.1) is 0 Å². The molecular formula is C11H12BrF3O2. The van der Waals surface area contributed by atoms with Gasteiger partial charge in [0.1, 0.15) is 6.61 Å². The van der Waals surface area contributed by atoms with Crippen LogP contribution in [-0.2, 0) is 27.9 Å². The van der Waals surface area contributed by atoms with Crippen molar-refractivity contribution in [2.45, 2.75) is 25.0 Å². The standard InChI is InChI=1S/C11H12BrF3O2/c1-2-16-17-7-8-3-4-10(11(13,14)15)5-9(8)6-12/h3-5H,2,6-7H2,1H3. The highest BCUT2D eigenvalue weighted by atomic mass is 79.9. The summed E-state index contributed by atoms with van der Waals surface area (Å²) in [7, 11) is 0. The van der Waals surface area contributed by atoms with E-state index < -0.39 is 11.7 Å². The van der Waals surface area contributed by atoms with Crippen LogP contribution in [0.2, 0.25) is 0 Å². The summed E-state index contributed by atoms with van der Waals surface area (Å²) in [4.78, 5) is 9.53. The lowest BCUT2D eigenvalue weighted by atomic mass is 10.1. The molecule has 1 aromatic carbocycles. The van der Waals surface area contributed by atoms with Gasteiger partial charge in [-0.3, -0.25) is 0 Å². The second-order valence-electron chi connectivity index (χ2n) is 3.28. The van der Waals surface area contributed by atoms with Gasteiger partial charge in [0, 0.05) is 5.33 Å². The van der Waals surface area contributed by atoms with E-state index in [0.29, 0.717) is 23.1 Å². The Morgan fingerprint density at radius 1 is 1.18 bits per heavy atom. The molecule has 0 spiro atoms. The predicted molar refractivity (Wildman–Crippen MR) is 60.5 cm³/mol. The molecule has 0 fully saturated rings. The molecule has 0 N–H and O–H groups in total. The average Bonchev–Trinajstić information content (AvgIpc) is 2.28. The van der Waals surface area contributed by atoms with E-state index in [1.54, 1.807) is 6.92 Å². The van der Waals surface area contributed by atoms with Gasteiger partial charge in [0.15, 0.2) is 0 Å². The molecular weight excluding hydrogens is 301 g/mol. The first kappa shape index (κ1) is 14.5. The van der Waals surface area contributed by atoms with Gasteiger partial charge >= 0.3 is 6.18 Å². The van der Waals surface area contributed by atoms with Crippen LogP contribution in [0.25, 0.3) is 0 Å². The molecule has 0 aliphatic heterocycles. The highest BCUT2D eigenvalue weighted by Gasteiger charge is 2.30. The normalized spacial score (nSPS) is 11.8. The number of alkyl halides is 4. The summed E-state index contributed by atoms with van der Waals surface area (Å²) in [5.41, 5.74) is 0.551. The summed E-state index contributed by atoms with van der Waals surface area (Å²) in [6, 6.07) is 3.55. The largest absolute Gasteiger partial charge is 0.416 e. The number of rotatable bonds is 5. The average molecular weight is 313 g/mol. The highest BCUT2D eigenvalue weighted by molar-refractivity contribution is 9.08. The second kappa shape index (κ2) is 6.37. The Morgan fingerprint density at radius 3 is 2.41 bits per heavy atom. The van der Waals surface area contributed by atoms with E-state index in [0.717, 1.165) is 12.1 Å². The molecule has 0 saturated carbocycles.